The molecule has 1 aliphatic heterocycles. The van der Waals surface area contributed by atoms with E-state index in [-0.39, 0.29) is 16.5 Å². The van der Waals surface area contributed by atoms with Gasteiger partial charge in [-0.15, -0.1) is 0 Å². The highest BCUT2D eigenvalue weighted by Gasteiger charge is 2.19. The number of hydrogen-bond donors (Lipinski definition) is 1. The Kier molecular flexibility index (Phi) is 3.47. The van der Waals surface area contributed by atoms with Crippen LogP contribution in [0.2, 0.25) is 0 Å². The number of nitrogens with zero attached hydrogens (tertiary/aromatic N) is 3. The average Bonchev–Trinajstić information content (AvgIpc) is 2.94. The topological polar surface area (TPSA) is 124 Å². The van der Waals surface area contributed by atoms with Crippen LogP contribution in [0, 0.1) is 10.1 Å². The van der Waals surface area contributed by atoms with Gasteiger partial charge < -0.3 is 4.74 Å². The predicted octanol–water partition coefficient (Wildman–Crippen LogP) is 1.22. The molecular formula is C12H10N4O5S. The molecule has 2 heterocycles. The number of hydrogen-bond acceptors (Lipinski definition) is 7. The normalized spacial score (nSPS) is 13.6. The first-order valence-electron chi connectivity index (χ1n) is 6.15. The molecule has 1 aromatic carbocycles. The summed E-state index contributed by atoms with van der Waals surface area (Å²) in [5, 5.41) is 10.6. The number of nitro groups is 1. The zero-order valence-electron chi connectivity index (χ0n) is 11.1. The molecule has 0 amide bonds. The molecule has 0 fully saturated rings. The number of nitro benzene ring substituents is 1. The Morgan fingerprint density at radius 1 is 1.23 bits per heavy atom. The molecular weight excluding hydrogens is 312 g/mol. The molecule has 3 rings (SSSR count). The van der Waals surface area contributed by atoms with Gasteiger partial charge in [0.1, 0.15) is 0 Å². The van der Waals surface area contributed by atoms with Crippen LogP contribution in [0.5, 0.6) is 0 Å². The standard InChI is InChI=1S/C12H10N4O5S/c17-16(18)9-1-3-10(4-2-9)22(19,20)15-12-13-5-8-6-21-7-11(8)14-12/h1-5H,6-7H2,(H,13,14,15). The van der Waals surface area contributed by atoms with Crippen molar-refractivity contribution in [3.05, 3.63) is 51.8 Å². The van der Waals surface area contributed by atoms with E-state index in [2.05, 4.69) is 14.7 Å². The molecule has 0 saturated carbocycles. The van der Waals surface area contributed by atoms with Crippen molar-refractivity contribution in [2.24, 2.45) is 0 Å². The number of benzene rings is 1. The molecule has 114 valence electrons. The minimum absolute atomic E-state index is 0.0670. The van der Waals surface area contributed by atoms with E-state index in [0.29, 0.717) is 18.9 Å². The summed E-state index contributed by atoms with van der Waals surface area (Å²) in [5.74, 6) is -0.0670. The van der Waals surface area contributed by atoms with Crippen LogP contribution < -0.4 is 4.72 Å². The molecule has 0 atom stereocenters. The van der Waals surface area contributed by atoms with Crippen molar-refractivity contribution in [2.75, 3.05) is 4.72 Å². The Balaban J connectivity index is 1.85. The van der Waals surface area contributed by atoms with E-state index in [1.54, 1.807) is 0 Å². The van der Waals surface area contributed by atoms with Crippen molar-refractivity contribution in [1.29, 1.82) is 0 Å². The monoisotopic (exact) mass is 322 g/mol. The Bertz CT molecular complexity index is 835. The molecule has 1 aliphatic rings. The maximum atomic E-state index is 12.2. The molecule has 10 heteroatoms. The second-order valence-corrected chi connectivity index (χ2v) is 6.20. The van der Waals surface area contributed by atoms with Gasteiger partial charge in [-0.3, -0.25) is 10.1 Å². The van der Waals surface area contributed by atoms with Gasteiger partial charge in [-0.25, -0.2) is 23.1 Å². The Hall–Kier alpha value is -2.59. The fraction of sp³-hybridized carbons (Fsp3) is 0.167. The molecule has 9 nitrogen and oxygen atoms in total. The molecule has 0 saturated heterocycles. The van der Waals surface area contributed by atoms with Crippen LogP contribution in [-0.2, 0) is 28.0 Å². The van der Waals surface area contributed by atoms with E-state index in [1.165, 1.54) is 6.20 Å². The molecule has 1 N–H and O–H groups in total. The van der Waals surface area contributed by atoms with Crippen molar-refractivity contribution in [1.82, 2.24) is 9.97 Å². The summed E-state index contributed by atoms with van der Waals surface area (Å²) < 4.78 is 31.8. The Labute approximate surface area is 125 Å². The summed E-state index contributed by atoms with van der Waals surface area (Å²) >= 11 is 0. The van der Waals surface area contributed by atoms with Crippen molar-refractivity contribution < 1.29 is 18.1 Å². The van der Waals surface area contributed by atoms with Gasteiger partial charge in [-0.1, -0.05) is 0 Å². The van der Waals surface area contributed by atoms with E-state index >= 15 is 0 Å². The lowest BCUT2D eigenvalue weighted by atomic mass is 10.3. The minimum Gasteiger partial charge on any atom is -0.370 e. The number of aromatic nitrogens is 2. The number of rotatable bonds is 4. The second kappa shape index (κ2) is 5.31. The largest absolute Gasteiger partial charge is 0.370 e. The summed E-state index contributed by atoms with van der Waals surface area (Å²) in [4.78, 5) is 17.8. The van der Waals surface area contributed by atoms with Gasteiger partial charge in [-0.2, -0.15) is 0 Å². The number of non-ortho nitro benzene ring substituents is 1. The van der Waals surface area contributed by atoms with Gasteiger partial charge in [-0.05, 0) is 12.1 Å². The zero-order chi connectivity index (χ0) is 15.7. The van der Waals surface area contributed by atoms with Crippen molar-refractivity contribution >= 4 is 21.7 Å². The molecule has 0 bridgehead atoms. The van der Waals surface area contributed by atoms with Crippen LogP contribution in [0.15, 0.2) is 35.4 Å². The maximum Gasteiger partial charge on any atom is 0.269 e. The van der Waals surface area contributed by atoms with Crippen molar-refractivity contribution in [3.63, 3.8) is 0 Å². The van der Waals surface area contributed by atoms with Crippen LogP contribution in [0.4, 0.5) is 11.6 Å². The molecule has 22 heavy (non-hydrogen) atoms. The smallest absolute Gasteiger partial charge is 0.269 e. The highest BCUT2D eigenvalue weighted by molar-refractivity contribution is 7.92. The second-order valence-electron chi connectivity index (χ2n) is 4.51. The van der Waals surface area contributed by atoms with E-state index in [0.717, 1.165) is 29.8 Å². The zero-order valence-corrected chi connectivity index (χ0v) is 11.9. The quantitative estimate of drug-likeness (QED) is 0.662. The number of anilines is 1. The van der Waals surface area contributed by atoms with Crippen molar-refractivity contribution in [3.8, 4) is 0 Å². The van der Waals surface area contributed by atoms with E-state index in [1.807, 2.05) is 0 Å². The number of ether oxygens (including phenoxy) is 1. The molecule has 0 aliphatic carbocycles. The van der Waals surface area contributed by atoms with Gasteiger partial charge in [0, 0.05) is 23.9 Å². The third-order valence-electron chi connectivity index (χ3n) is 3.03. The van der Waals surface area contributed by atoms with E-state index in [9.17, 15) is 18.5 Å². The Morgan fingerprint density at radius 2 is 1.95 bits per heavy atom. The van der Waals surface area contributed by atoms with Gasteiger partial charge in [0.25, 0.3) is 15.7 Å². The fourth-order valence-electron chi connectivity index (χ4n) is 1.92. The summed E-state index contributed by atoms with van der Waals surface area (Å²) in [6, 6.07) is 4.53. The summed E-state index contributed by atoms with van der Waals surface area (Å²) in [6.45, 7) is 0.717. The first-order valence-corrected chi connectivity index (χ1v) is 7.64. The Morgan fingerprint density at radius 3 is 2.64 bits per heavy atom. The minimum atomic E-state index is -3.91. The van der Waals surface area contributed by atoms with Gasteiger partial charge in [0.15, 0.2) is 0 Å². The summed E-state index contributed by atoms with van der Waals surface area (Å²) in [5.41, 5.74) is 1.26. The van der Waals surface area contributed by atoms with Gasteiger partial charge in [0.2, 0.25) is 5.95 Å². The van der Waals surface area contributed by atoms with Crippen LogP contribution >= 0.6 is 0 Å². The van der Waals surface area contributed by atoms with Crippen molar-refractivity contribution in [2.45, 2.75) is 18.1 Å². The lowest BCUT2D eigenvalue weighted by Crippen LogP contribution is -2.15. The lowest BCUT2D eigenvalue weighted by molar-refractivity contribution is -0.384. The van der Waals surface area contributed by atoms with Crippen LogP contribution in [0.1, 0.15) is 11.3 Å². The van der Waals surface area contributed by atoms with E-state index in [4.69, 9.17) is 4.74 Å². The highest BCUT2D eigenvalue weighted by Crippen LogP contribution is 2.20. The third kappa shape index (κ3) is 2.73. The molecule has 0 spiro atoms. The van der Waals surface area contributed by atoms with Crippen LogP contribution in [0.25, 0.3) is 0 Å². The number of fused-ring (bicyclic) bond motifs is 1. The fourth-order valence-corrected chi connectivity index (χ4v) is 2.87. The summed E-state index contributed by atoms with van der Waals surface area (Å²) in [7, 11) is -3.91. The SMILES string of the molecule is O=[N+]([O-])c1ccc(S(=O)(=O)Nc2ncc3c(n2)COC3)cc1. The summed E-state index contributed by atoms with van der Waals surface area (Å²) in [6.07, 6.45) is 1.50. The van der Waals surface area contributed by atoms with Crippen LogP contribution in [0.3, 0.4) is 0 Å². The molecule has 1 aromatic heterocycles. The maximum absolute atomic E-state index is 12.2. The first-order chi connectivity index (χ1) is 10.5. The average molecular weight is 322 g/mol. The highest BCUT2D eigenvalue weighted by atomic mass is 32.2. The molecule has 0 radical (unpaired) electrons. The molecule has 2 aromatic rings. The lowest BCUT2D eigenvalue weighted by Gasteiger charge is -2.07. The first kappa shape index (κ1) is 14.4. The van der Waals surface area contributed by atoms with Crippen LogP contribution in [-0.4, -0.2) is 23.3 Å². The van der Waals surface area contributed by atoms with E-state index < -0.39 is 14.9 Å². The third-order valence-corrected chi connectivity index (χ3v) is 4.38. The molecule has 0 unspecified atom stereocenters. The number of sulfonamides is 1. The van der Waals surface area contributed by atoms with Gasteiger partial charge >= 0.3 is 0 Å². The number of nitrogens with one attached hydrogen (secondary N) is 1. The predicted molar refractivity (Wildman–Crippen MR) is 74.4 cm³/mol. The van der Waals surface area contributed by atoms with Gasteiger partial charge in [0.05, 0.1) is 28.7 Å².